The van der Waals surface area contributed by atoms with E-state index in [9.17, 15) is 13.2 Å². The molecule has 7 nitrogen and oxygen atoms in total. The summed E-state index contributed by atoms with van der Waals surface area (Å²) in [7, 11) is -3.79. The normalized spacial score (nSPS) is 22.1. The molecule has 21 heavy (non-hydrogen) atoms. The highest BCUT2D eigenvalue weighted by Crippen LogP contribution is 2.19. The van der Waals surface area contributed by atoms with E-state index in [0.29, 0.717) is 12.4 Å². The Balaban J connectivity index is 2.12. The number of carboxylic acids is 1. The minimum absolute atomic E-state index is 0.00575. The van der Waals surface area contributed by atoms with E-state index in [1.165, 1.54) is 12.1 Å². The number of aliphatic carboxylic acids is 1. The summed E-state index contributed by atoms with van der Waals surface area (Å²) in [6, 6.07) is 5.17. The molecule has 1 aliphatic heterocycles. The Hall–Kier alpha value is -1.64. The molecule has 2 atom stereocenters. The van der Waals surface area contributed by atoms with E-state index >= 15 is 0 Å². The third-order valence-electron chi connectivity index (χ3n) is 3.15. The van der Waals surface area contributed by atoms with Crippen molar-refractivity contribution in [1.82, 2.24) is 4.72 Å². The molecule has 116 valence electrons. The highest BCUT2D eigenvalue weighted by molar-refractivity contribution is 7.89. The Morgan fingerprint density at radius 3 is 2.62 bits per heavy atom. The maximum atomic E-state index is 12.2. The zero-order chi connectivity index (χ0) is 15.5. The minimum atomic E-state index is -3.79. The maximum Gasteiger partial charge on any atom is 0.310 e. The molecule has 0 saturated carbocycles. The molecule has 0 spiro atoms. The van der Waals surface area contributed by atoms with Gasteiger partial charge in [0.1, 0.15) is 5.75 Å². The van der Waals surface area contributed by atoms with Crippen molar-refractivity contribution in [2.45, 2.75) is 17.9 Å². The topological polar surface area (TPSA) is 102 Å². The Kier molecular flexibility index (Phi) is 4.81. The zero-order valence-electron chi connectivity index (χ0n) is 11.5. The zero-order valence-corrected chi connectivity index (χ0v) is 12.3. The lowest BCUT2D eigenvalue weighted by molar-refractivity contribution is -0.142. The summed E-state index contributed by atoms with van der Waals surface area (Å²) in [5.74, 6) is -1.38. The van der Waals surface area contributed by atoms with Gasteiger partial charge in [0, 0.05) is 0 Å². The van der Waals surface area contributed by atoms with Crippen LogP contribution in [0.1, 0.15) is 6.92 Å². The van der Waals surface area contributed by atoms with Crippen molar-refractivity contribution in [2.24, 2.45) is 5.92 Å². The second-order valence-electron chi connectivity index (χ2n) is 4.61. The molecule has 0 amide bonds. The predicted molar refractivity (Wildman–Crippen MR) is 73.7 cm³/mol. The van der Waals surface area contributed by atoms with Gasteiger partial charge < -0.3 is 14.6 Å². The SMILES string of the molecule is CCOc1ccc(S(=O)(=O)NC2COCC2C(=O)O)cc1. The summed E-state index contributed by atoms with van der Waals surface area (Å²) in [5, 5.41) is 9.02. The van der Waals surface area contributed by atoms with E-state index in [4.69, 9.17) is 14.6 Å². The van der Waals surface area contributed by atoms with Crippen LogP contribution in [0.5, 0.6) is 5.75 Å². The molecule has 1 heterocycles. The average molecular weight is 315 g/mol. The van der Waals surface area contributed by atoms with Gasteiger partial charge in [-0.1, -0.05) is 0 Å². The Labute approximate surface area is 122 Å². The lowest BCUT2D eigenvalue weighted by atomic mass is 10.1. The summed E-state index contributed by atoms with van der Waals surface area (Å²) in [6.45, 7) is 2.38. The van der Waals surface area contributed by atoms with Crippen LogP contribution in [0.15, 0.2) is 29.2 Å². The van der Waals surface area contributed by atoms with Gasteiger partial charge in [0.05, 0.1) is 36.7 Å². The van der Waals surface area contributed by atoms with Crippen LogP contribution in [0.4, 0.5) is 0 Å². The molecule has 1 fully saturated rings. The monoisotopic (exact) mass is 315 g/mol. The largest absolute Gasteiger partial charge is 0.494 e. The molecule has 0 aliphatic carbocycles. The van der Waals surface area contributed by atoms with Crippen LogP contribution >= 0.6 is 0 Å². The molecule has 1 saturated heterocycles. The second-order valence-corrected chi connectivity index (χ2v) is 6.33. The molecular formula is C13H17NO6S. The number of benzene rings is 1. The van der Waals surface area contributed by atoms with Gasteiger partial charge in [-0.3, -0.25) is 4.79 Å². The highest BCUT2D eigenvalue weighted by atomic mass is 32.2. The van der Waals surface area contributed by atoms with Crippen LogP contribution in [-0.4, -0.2) is 45.4 Å². The van der Waals surface area contributed by atoms with E-state index in [2.05, 4.69) is 4.72 Å². The molecule has 1 aromatic carbocycles. The van der Waals surface area contributed by atoms with Crippen LogP contribution in [-0.2, 0) is 19.6 Å². The predicted octanol–water partition coefficient (Wildman–Crippen LogP) is 0.463. The Morgan fingerprint density at radius 1 is 1.38 bits per heavy atom. The number of hydrogen-bond donors (Lipinski definition) is 2. The van der Waals surface area contributed by atoms with E-state index in [1.807, 2.05) is 6.92 Å². The summed E-state index contributed by atoms with van der Waals surface area (Å²) < 4.78 is 37.1. The van der Waals surface area contributed by atoms with Crippen molar-refractivity contribution in [1.29, 1.82) is 0 Å². The molecular weight excluding hydrogens is 298 g/mol. The second kappa shape index (κ2) is 6.42. The first-order valence-corrected chi connectivity index (χ1v) is 7.98. The van der Waals surface area contributed by atoms with Crippen molar-refractivity contribution in [3.63, 3.8) is 0 Å². The number of ether oxygens (including phenoxy) is 2. The van der Waals surface area contributed by atoms with Gasteiger partial charge in [0.25, 0.3) is 0 Å². The first-order chi connectivity index (χ1) is 9.94. The van der Waals surface area contributed by atoms with Crippen molar-refractivity contribution >= 4 is 16.0 Å². The van der Waals surface area contributed by atoms with Gasteiger partial charge in [0.2, 0.25) is 10.0 Å². The van der Waals surface area contributed by atoms with E-state index < -0.39 is 28.0 Å². The lowest BCUT2D eigenvalue weighted by Gasteiger charge is -2.16. The van der Waals surface area contributed by atoms with Crippen molar-refractivity contribution in [2.75, 3.05) is 19.8 Å². The van der Waals surface area contributed by atoms with Crippen molar-refractivity contribution in [3.8, 4) is 5.75 Å². The number of carboxylic acid groups (broad SMARTS) is 1. The van der Waals surface area contributed by atoms with Gasteiger partial charge in [-0.25, -0.2) is 13.1 Å². The van der Waals surface area contributed by atoms with Gasteiger partial charge in [-0.2, -0.15) is 0 Å². The van der Waals surface area contributed by atoms with Crippen molar-refractivity contribution in [3.05, 3.63) is 24.3 Å². The third-order valence-corrected chi connectivity index (χ3v) is 4.66. The summed E-state index contributed by atoms with van der Waals surface area (Å²) in [5.41, 5.74) is 0. The number of hydrogen-bond acceptors (Lipinski definition) is 5. The number of carbonyl (C=O) groups is 1. The Morgan fingerprint density at radius 2 is 2.05 bits per heavy atom. The summed E-state index contributed by atoms with van der Waals surface area (Å²) in [6.07, 6.45) is 0. The third kappa shape index (κ3) is 3.72. The van der Waals surface area contributed by atoms with Crippen LogP contribution < -0.4 is 9.46 Å². The lowest BCUT2D eigenvalue weighted by Crippen LogP contribution is -2.42. The van der Waals surface area contributed by atoms with Crippen LogP contribution in [0.3, 0.4) is 0 Å². The molecule has 2 rings (SSSR count). The average Bonchev–Trinajstić information content (AvgIpc) is 2.87. The smallest absolute Gasteiger partial charge is 0.310 e. The number of nitrogens with one attached hydrogen (secondary N) is 1. The highest BCUT2D eigenvalue weighted by Gasteiger charge is 2.36. The van der Waals surface area contributed by atoms with Crippen LogP contribution in [0.2, 0.25) is 0 Å². The standard InChI is InChI=1S/C13H17NO6S/c1-2-20-9-3-5-10(6-4-9)21(17,18)14-12-8-19-7-11(12)13(15)16/h3-6,11-12,14H,2,7-8H2,1H3,(H,15,16). The van der Waals surface area contributed by atoms with Gasteiger partial charge >= 0.3 is 5.97 Å². The summed E-state index contributed by atoms with van der Waals surface area (Å²) in [4.78, 5) is 11.1. The number of sulfonamides is 1. The molecule has 0 radical (unpaired) electrons. The van der Waals surface area contributed by atoms with Crippen LogP contribution in [0.25, 0.3) is 0 Å². The van der Waals surface area contributed by atoms with Gasteiger partial charge in [-0.05, 0) is 31.2 Å². The first-order valence-electron chi connectivity index (χ1n) is 6.50. The molecule has 1 aromatic rings. The van der Waals surface area contributed by atoms with Gasteiger partial charge in [-0.15, -0.1) is 0 Å². The molecule has 8 heteroatoms. The molecule has 2 N–H and O–H groups in total. The fraction of sp³-hybridized carbons (Fsp3) is 0.462. The molecule has 0 bridgehead atoms. The Bertz CT molecular complexity index is 598. The molecule has 2 unspecified atom stereocenters. The van der Waals surface area contributed by atoms with Crippen molar-refractivity contribution < 1.29 is 27.8 Å². The first kappa shape index (κ1) is 15.7. The quantitative estimate of drug-likeness (QED) is 0.791. The number of rotatable bonds is 6. The van der Waals surface area contributed by atoms with E-state index in [0.717, 1.165) is 0 Å². The maximum absolute atomic E-state index is 12.2. The van der Waals surface area contributed by atoms with E-state index in [-0.39, 0.29) is 18.1 Å². The fourth-order valence-electron chi connectivity index (χ4n) is 2.06. The molecule has 0 aromatic heterocycles. The van der Waals surface area contributed by atoms with Crippen LogP contribution in [0, 0.1) is 5.92 Å². The fourth-order valence-corrected chi connectivity index (χ4v) is 3.32. The minimum Gasteiger partial charge on any atom is -0.494 e. The summed E-state index contributed by atoms with van der Waals surface area (Å²) >= 11 is 0. The van der Waals surface area contributed by atoms with E-state index in [1.54, 1.807) is 12.1 Å². The van der Waals surface area contributed by atoms with Gasteiger partial charge in [0.15, 0.2) is 0 Å². The molecule has 1 aliphatic rings.